The molecule has 1 aliphatic rings. The largest absolute Gasteiger partial charge is 0.370 e. The molecule has 20 heavy (non-hydrogen) atoms. The number of aromatic nitrogens is 2. The Hall–Kier alpha value is -1.84. The summed E-state index contributed by atoms with van der Waals surface area (Å²) >= 11 is 0. The monoisotopic (exact) mass is 270 g/mol. The van der Waals surface area contributed by atoms with Crippen LogP contribution >= 0.6 is 0 Å². The van der Waals surface area contributed by atoms with Gasteiger partial charge in [-0.05, 0) is 37.8 Å². The quantitative estimate of drug-likeness (QED) is 0.929. The number of nitrogens with one attached hydrogen (secondary N) is 1. The van der Waals surface area contributed by atoms with Gasteiger partial charge >= 0.3 is 0 Å². The summed E-state index contributed by atoms with van der Waals surface area (Å²) in [6.07, 6.45) is 2.54. The zero-order valence-electron chi connectivity index (χ0n) is 12.3. The summed E-state index contributed by atoms with van der Waals surface area (Å²) in [6, 6.07) is 8.22. The molecule has 0 saturated carbocycles. The van der Waals surface area contributed by atoms with Gasteiger partial charge in [0, 0.05) is 25.0 Å². The summed E-state index contributed by atoms with van der Waals surface area (Å²) in [4.78, 5) is 11.8. The number of para-hydroxylation sites is 1. The third-order valence-corrected chi connectivity index (χ3v) is 3.88. The van der Waals surface area contributed by atoms with E-state index < -0.39 is 0 Å². The minimum atomic E-state index is 0.724. The Morgan fingerprint density at radius 2 is 2.15 bits per heavy atom. The van der Waals surface area contributed by atoms with Crippen LogP contribution < -0.4 is 10.2 Å². The highest BCUT2D eigenvalue weighted by Gasteiger charge is 2.19. The van der Waals surface area contributed by atoms with Gasteiger partial charge < -0.3 is 10.2 Å². The van der Waals surface area contributed by atoms with Crippen molar-refractivity contribution < 1.29 is 0 Å². The summed E-state index contributed by atoms with van der Waals surface area (Å²) in [5.41, 5.74) is 1.02. The second-order valence-corrected chi connectivity index (χ2v) is 5.61. The van der Waals surface area contributed by atoms with Crippen molar-refractivity contribution in [3.8, 4) is 0 Å². The third-order valence-electron chi connectivity index (χ3n) is 3.88. The van der Waals surface area contributed by atoms with E-state index >= 15 is 0 Å². The predicted molar refractivity (Wildman–Crippen MR) is 84.3 cm³/mol. The lowest BCUT2D eigenvalue weighted by atomic mass is 10.0. The molecule has 2 aromatic rings. The highest BCUT2D eigenvalue weighted by Crippen LogP contribution is 2.26. The second-order valence-electron chi connectivity index (χ2n) is 5.61. The van der Waals surface area contributed by atoms with Gasteiger partial charge in [-0.3, -0.25) is 0 Å². The van der Waals surface area contributed by atoms with Gasteiger partial charge in [0.2, 0.25) is 5.95 Å². The van der Waals surface area contributed by atoms with Crippen LogP contribution in [0.25, 0.3) is 10.9 Å². The zero-order chi connectivity index (χ0) is 13.9. The highest BCUT2D eigenvalue weighted by molar-refractivity contribution is 5.90. The Morgan fingerprint density at radius 1 is 1.30 bits per heavy atom. The lowest BCUT2D eigenvalue weighted by Gasteiger charge is -2.31. The molecule has 0 radical (unpaired) electrons. The van der Waals surface area contributed by atoms with Crippen molar-refractivity contribution >= 4 is 22.7 Å². The van der Waals surface area contributed by atoms with Crippen molar-refractivity contribution in [3.63, 3.8) is 0 Å². The number of nitrogens with zero attached hydrogens (tertiary/aromatic N) is 3. The molecule has 1 N–H and O–H groups in total. The molecule has 1 unspecified atom stereocenters. The van der Waals surface area contributed by atoms with Gasteiger partial charge in [-0.1, -0.05) is 19.1 Å². The molecule has 106 valence electrons. The van der Waals surface area contributed by atoms with Crippen LogP contribution in [-0.4, -0.2) is 29.6 Å². The molecular weight excluding hydrogens is 248 g/mol. The average molecular weight is 270 g/mol. The molecule has 2 heterocycles. The Bertz CT molecular complexity index is 596. The SMILES string of the molecule is CCNc1nc(N2CCCC(C)C2)nc2ccccc12. The van der Waals surface area contributed by atoms with E-state index in [0.29, 0.717) is 0 Å². The maximum atomic E-state index is 4.75. The fourth-order valence-electron chi connectivity index (χ4n) is 2.88. The van der Waals surface area contributed by atoms with E-state index in [9.17, 15) is 0 Å². The van der Waals surface area contributed by atoms with Crippen LogP contribution in [0.15, 0.2) is 24.3 Å². The number of rotatable bonds is 3. The van der Waals surface area contributed by atoms with Crippen LogP contribution in [-0.2, 0) is 0 Å². The minimum Gasteiger partial charge on any atom is -0.370 e. The summed E-state index contributed by atoms with van der Waals surface area (Å²) in [6.45, 7) is 7.40. The molecule has 3 rings (SSSR count). The van der Waals surface area contributed by atoms with Gasteiger partial charge in [-0.2, -0.15) is 4.98 Å². The van der Waals surface area contributed by atoms with Crippen molar-refractivity contribution in [1.29, 1.82) is 0 Å². The van der Waals surface area contributed by atoms with Crippen LogP contribution in [0.5, 0.6) is 0 Å². The second kappa shape index (κ2) is 5.65. The molecule has 0 amide bonds. The molecule has 0 spiro atoms. The number of benzene rings is 1. The normalized spacial score (nSPS) is 19.3. The molecule has 1 aromatic heterocycles. The summed E-state index contributed by atoms with van der Waals surface area (Å²) < 4.78 is 0. The van der Waals surface area contributed by atoms with Gasteiger partial charge in [0.05, 0.1) is 5.52 Å². The van der Waals surface area contributed by atoms with E-state index in [1.54, 1.807) is 0 Å². The zero-order valence-corrected chi connectivity index (χ0v) is 12.3. The molecule has 4 nitrogen and oxygen atoms in total. The molecule has 0 aliphatic carbocycles. The Labute approximate surface area is 120 Å². The van der Waals surface area contributed by atoms with Crippen LogP contribution in [0.1, 0.15) is 26.7 Å². The Balaban J connectivity index is 2.02. The van der Waals surface area contributed by atoms with Crippen molar-refractivity contribution in [2.45, 2.75) is 26.7 Å². The molecule has 1 aromatic carbocycles. The van der Waals surface area contributed by atoms with Crippen molar-refractivity contribution in [2.24, 2.45) is 5.92 Å². The van der Waals surface area contributed by atoms with Crippen LogP contribution in [0.3, 0.4) is 0 Å². The predicted octanol–water partition coefficient (Wildman–Crippen LogP) is 3.30. The molecule has 4 heteroatoms. The van der Waals surface area contributed by atoms with Crippen molar-refractivity contribution in [3.05, 3.63) is 24.3 Å². The van der Waals surface area contributed by atoms with Crippen molar-refractivity contribution in [1.82, 2.24) is 9.97 Å². The standard InChI is InChI=1S/C16H22N4/c1-3-17-15-13-8-4-5-9-14(13)18-16(19-15)20-10-6-7-12(2)11-20/h4-5,8-9,12H,3,6-7,10-11H2,1-2H3,(H,17,18,19). The molecular formula is C16H22N4. The molecule has 1 aliphatic heterocycles. The van der Waals surface area contributed by atoms with E-state index in [1.807, 2.05) is 12.1 Å². The first-order chi connectivity index (χ1) is 9.78. The Morgan fingerprint density at radius 3 is 2.95 bits per heavy atom. The fraction of sp³-hybridized carbons (Fsp3) is 0.500. The third kappa shape index (κ3) is 2.55. The number of anilines is 2. The smallest absolute Gasteiger partial charge is 0.227 e. The van der Waals surface area contributed by atoms with E-state index in [1.165, 1.54) is 12.8 Å². The topological polar surface area (TPSA) is 41.1 Å². The van der Waals surface area contributed by atoms with E-state index in [2.05, 4.69) is 36.2 Å². The van der Waals surface area contributed by atoms with Crippen LogP contribution in [0.4, 0.5) is 11.8 Å². The first kappa shape index (κ1) is 13.2. The lowest BCUT2D eigenvalue weighted by molar-refractivity contribution is 0.442. The number of fused-ring (bicyclic) bond motifs is 1. The molecule has 0 bridgehead atoms. The van der Waals surface area contributed by atoms with Gasteiger partial charge in [-0.25, -0.2) is 4.98 Å². The number of piperidine rings is 1. The summed E-state index contributed by atoms with van der Waals surface area (Å²) in [7, 11) is 0. The summed E-state index contributed by atoms with van der Waals surface area (Å²) in [5.74, 6) is 2.54. The van der Waals surface area contributed by atoms with E-state index in [-0.39, 0.29) is 0 Å². The van der Waals surface area contributed by atoms with Crippen LogP contribution in [0.2, 0.25) is 0 Å². The minimum absolute atomic E-state index is 0.724. The highest BCUT2D eigenvalue weighted by atomic mass is 15.3. The molecule has 1 atom stereocenters. The molecule has 1 saturated heterocycles. The summed E-state index contributed by atoms with van der Waals surface area (Å²) in [5, 5.41) is 4.46. The van der Waals surface area contributed by atoms with Gasteiger partial charge in [-0.15, -0.1) is 0 Å². The maximum absolute atomic E-state index is 4.75. The fourth-order valence-corrected chi connectivity index (χ4v) is 2.88. The first-order valence-corrected chi connectivity index (χ1v) is 7.53. The molecule has 1 fully saturated rings. The van der Waals surface area contributed by atoms with Gasteiger partial charge in [0.15, 0.2) is 0 Å². The van der Waals surface area contributed by atoms with E-state index in [4.69, 9.17) is 9.97 Å². The van der Waals surface area contributed by atoms with E-state index in [0.717, 1.165) is 48.2 Å². The number of hydrogen-bond donors (Lipinski definition) is 1. The number of hydrogen-bond acceptors (Lipinski definition) is 4. The maximum Gasteiger partial charge on any atom is 0.227 e. The lowest BCUT2D eigenvalue weighted by Crippen LogP contribution is -2.35. The van der Waals surface area contributed by atoms with Crippen LogP contribution in [0, 0.1) is 5.92 Å². The first-order valence-electron chi connectivity index (χ1n) is 7.53. The van der Waals surface area contributed by atoms with Crippen molar-refractivity contribution in [2.75, 3.05) is 29.9 Å². The van der Waals surface area contributed by atoms with Gasteiger partial charge in [0.1, 0.15) is 5.82 Å². The average Bonchev–Trinajstić information content (AvgIpc) is 2.47. The van der Waals surface area contributed by atoms with Gasteiger partial charge in [0.25, 0.3) is 0 Å². The Kier molecular flexibility index (Phi) is 3.72.